The second-order valence-corrected chi connectivity index (χ2v) is 12.6. The number of anilines is 1. The number of ether oxygens (including phenoxy) is 1. The van der Waals surface area contributed by atoms with Crippen LogP contribution < -0.4 is 10.6 Å². The molecule has 0 aromatic heterocycles. The number of benzene rings is 3. The molecular weight excluding hydrogens is 550 g/mol. The van der Waals surface area contributed by atoms with E-state index in [0.29, 0.717) is 12.1 Å². The average molecular weight is 600 g/mol. The topological polar surface area (TPSA) is 87.7 Å². The van der Waals surface area contributed by atoms with Gasteiger partial charge in [0.15, 0.2) is 0 Å². The highest BCUT2D eigenvalue weighted by Crippen LogP contribution is 2.28. The van der Waals surface area contributed by atoms with E-state index in [0.717, 1.165) is 53.6 Å². The van der Waals surface area contributed by atoms with Crippen LogP contribution in [0.4, 0.5) is 10.5 Å². The molecule has 3 amide bonds. The molecule has 2 N–H and O–H groups in total. The van der Waals surface area contributed by atoms with E-state index in [1.165, 1.54) is 0 Å². The summed E-state index contributed by atoms with van der Waals surface area (Å²) in [6, 6.07) is 21.3. The predicted octanol–water partition coefficient (Wildman–Crippen LogP) is 7.84. The highest BCUT2D eigenvalue weighted by atomic mass is 16.6. The number of carbonyl (C=O) groups excluding carboxylic acids is 3. The molecule has 0 bridgehead atoms. The first-order chi connectivity index (χ1) is 20.9. The number of amides is 3. The summed E-state index contributed by atoms with van der Waals surface area (Å²) in [5.41, 5.74) is 4.47. The molecule has 2 atom stereocenters. The molecule has 3 aromatic rings. The molecule has 0 saturated heterocycles. The van der Waals surface area contributed by atoms with Crippen molar-refractivity contribution < 1.29 is 19.1 Å². The minimum Gasteiger partial charge on any atom is -0.444 e. The van der Waals surface area contributed by atoms with Crippen molar-refractivity contribution in [1.29, 1.82) is 0 Å². The number of unbranched alkanes of at least 4 members (excludes halogenated alkanes) is 3. The fourth-order valence-electron chi connectivity index (χ4n) is 5.29. The van der Waals surface area contributed by atoms with Gasteiger partial charge in [0.05, 0.1) is 0 Å². The van der Waals surface area contributed by atoms with E-state index in [1.807, 2.05) is 93.6 Å². The van der Waals surface area contributed by atoms with E-state index in [1.54, 1.807) is 25.7 Å². The van der Waals surface area contributed by atoms with Gasteiger partial charge in [-0.2, -0.15) is 0 Å². The monoisotopic (exact) mass is 599 g/mol. The molecule has 0 aliphatic carbocycles. The largest absolute Gasteiger partial charge is 0.444 e. The molecule has 0 aliphatic heterocycles. The lowest BCUT2D eigenvalue weighted by molar-refractivity contribution is -0.140. The SMILES string of the molecule is CCCCCCN(C(=O)C(Cc1ccccc1)NC(=O)OC(C)(C)C)C(C(=O)Nc1c(C)cccc1C)c1cccc(C)c1. The minimum atomic E-state index is -0.946. The Labute approximate surface area is 263 Å². The molecule has 0 spiro atoms. The average Bonchev–Trinajstić information content (AvgIpc) is 2.95. The Balaban J connectivity index is 2.09. The Morgan fingerprint density at radius 2 is 1.50 bits per heavy atom. The Bertz CT molecular complexity index is 1380. The van der Waals surface area contributed by atoms with Crippen LogP contribution in [-0.2, 0) is 20.7 Å². The molecule has 3 aromatic carbocycles. The standard InChI is InChI=1S/C37H49N3O4/c1-8-9-10-14-23-40(35(42)31(25-29-20-12-11-13-21-29)38-36(43)44-37(5,6)7)33(30-22-15-17-26(2)24-30)34(41)39-32-27(3)18-16-19-28(32)4/h11-13,15-22,24,31,33H,8-10,14,23,25H2,1-7H3,(H,38,43)(H,39,41). The normalized spacial score (nSPS) is 12.6. The Morgan fingerprint density at radius 3 is 2.11 bits per heavy atom. The van der Waals surface area contributed by atoms with Crippen molar-refractivity contribution >= 4 is 23.6 Å². The zero-order valence-electron chi connectivity index (χ0n) is 27.4. The summed E-state index contributed by atoms with van der Waals surface area (Å²) < 4.78 is 5.56. The van der Waals surface area contributed by atoms with Crippen molar-refractivity contribution in [3.05, 3.63) is 101 Å². The van der Waals surface area contributed by atoms with Gasteiger partial charge in [-0.05, 0) is 70.2 Å². The highest BCUT2D eigenvalue weighted by Gasteiger charge is 2.36. The molecule has 7 heteroatoms. The van der Waals surface area contributed by atoms with Crippen molar-refractivity contribution in [3.63, 3.8) is 0 Å². The van der Waals surface area contributed by atoms with Crippen LogP contribution in [0.25, 0.3) is 0 Å². The van der Waals surface area contributed by atoms with Crippen molar-refractivity contribution in [2.24, 2.45) is 0 Å². The summed E-state index contributed by atoms with van der Waals surface area (Å²) in [7, 11) is 0. The molecule has 0 heterocycles. The number of nitrogens with zero attached hydrogens (tertiary/aromatic N) is 1. The number of para-hydroxylation sites is 1. The maximum Gasteiger partial charge on any atom is 0.408 e. The summed E-state index contributed by atoms with van der Waals surface area (Å²) in [5, 5.41) is 5.99. The van der Waals surface area contributed by atoms with E-state index in [4.69, 9.17) is 4.74 Å². The van der Waals surface area contributed by atoms with Gasteiger partial charge in [-0.3, -0.25) is 9.59 Å². The Kier molecular flexibility index (Phi) is 12.6. The number of aryl methyl sites for hydroxylation is 3. The molecule has 3 rings (SSSR count). The van der Waals surface area contributed by atoms with Crippen LogP contribution in [-0.4, -0.2) is 41.0 Å². The molecule has 0 saturated carbocycles. The number of hydrogen-bond donors (Lipinski definition) is 2. The highest BCUT2D eigenvalue weighted by molar-refractivity contribution is 6.00. The summed E-state index contributed by atoms with van der Waals surface area (Å²) in [6.07, 6.45) is 3.29. The van der Waals surface area contributed by atoms with Gasteiger partial charge in [0.1, 0.15) is 17.7 Å². The zero-order valence-corrected chi connectivity index (χ0v) is 27.4. The summed E-state index contributed by atoms with van der Waals surface area (Å²) in [5.74, 6) is -0.632. The fraction of sp³-hybridized carbons (Fsp3) is 0.432. The second kappa shape index (κ2) is 16.1. The molecule has 7 nitrogen and oxygen atoms in total. The van der Waals surface area contributed by atoms with Crippen molar-refractivity contribution in [2.75, 3.05) is 11.9 Å². The summed E-state index contributed by atoms with van der Waals surface area (Å²) in [4.78, 5) is 43.7. The summed E-state index contributed by atoms with van der Waals surface area (Å²) >= 11 is 0. The lowest BCUT2D eigenvalue weighted by atomic mass is 9.98. The lowest BCUT2D eigenvalue weighted by Crippen LogP contribution is -2.53. The lowest BCUT2D eigenvalue weighted by Gasteiger charge is -2.35. The maximum absolute atomic E-state index is 14.7. The van der Waals surface area contributed by atoms with Crippen LogP contribution in [0.1, 0.15) is 87.2 Å². The molecule has 0 radical (unpaired) electrons. The van der Waals surface area contributed by atoms with Crippen molar-refractivity contribution in [3.8, 4) is 0 Å². The first-order valence-corrected chi connectivity index (χ1v) is 15.7. The third-order valence-corrected chi connectivity index (χ3v) is 7.45. The molecule has 44 heavy (non-hydrogen) atoms. The third kappa shape index (κ3) is 10.2. The maximum atomic E-state index is 14.7. The third-order valence-electron chi connectivity index (χ3n) is 7.45. The number of alkyl carbamates (subject to hydrolysis) is 1. The number of rotatable bonds is 13. The van der Waals surface area contributed by atoms with E-state index in [9.17, 15) is 14.4 Å². The molecular formula is C37H49N3O4. The van der Waals surface area contributed by atoms with Gasteiger partial charge in [-0.25, -0.2) is 4.79 Å². The number of nitrogens with one attached hydrogen (secondary N) is 2. The van der Waals surface area contributed by atoms with Gasteiger partial charge in [0.2, 0.25) is 5.91 Å². The Morgan fingerprint density at radius 1 is 0.841 bits per heavy atom. The van der Waals surface area contributed by atoms with Gasteiger partial charge in [-0.15, -0.1) is 0 Å². The predicted molar refractivity (Wildman–Crippen MR) is 178 cm³/mol. The van der Waals surface area contributed by atoms with Crippen molar-refractivity contribution in [1.82, 2.24) is 10.2 Å². The van der Waals surface area contributed by atoms with E-state index < -0.39 is 23.8 Å². The van der Waals surface area contributed by atoms with Crippen LogP contribution in [0.5, 0.6) is 0 Å². The molecule has 2 unspecified atom stereocenters. The molecule has 0 fully saturated rings. The van der Waals surface area contributed by atoms with Crippen LogP contribution in [0.15, 0.2) is 72.8 Å². The summed E-state index contributed by atoms with van der Waals surface area (Å²) in [6.45, 7) is 13.7. The van der Waals surface area contributed by atoms with E-state index in [2.05, 4.69) is 17.6 Å². The van der Waals surface area contributed by atoms with Gasteiger partial charge in [0.25, 0.3) is 5.91 Å². The van der Waals surface area contributed by atoms with Crippen LogP contribution in [0, 0.1) is 20.8 Å². The zero-order chi connectivity index (χ0) is 32.3. The fourth-order valence-corrected chi connectivity index (χ4v) is 5.29. The molecule has 0 aliphatic rings. The van der Waals surface area contributed by atoms with Gasteiger partial charge in [0, 0.05) is 18.7 Å². The van der Waals surface area contributed by atoms with Crippen LogP contribution in [0.2, 0.25) is 0 Å². The van der Waals surface area contributed by atoms with Crippen molar-refractivity contribution in [2.45, 2.75) is 98.3 Å². The smallest absolute Gasteiger partial charge is 0.408 e. The Hall–Kier alpha value is -4.13. The first-order valence-electron chi connectivity index (χ1n) is 15.7. The van der Waals surface area contributed by atoms with Crippen LogP contribution >= 0.6 is 0 Å². The minimum absolute atomic E-state index is 0.253. The second-order valence-electron chi connectivity index (χ2n) is 12.6. The number of carbonyl (C=O) groups is 3. The van der Waals surface area contributed by atoms with Gasteiger partial charge < -0.3 is 20.3 Å². The van der Waals surface area contributed by atoms with Gasteiger partial charge in [-0.1, -0.05) is 105 Å². The van der Waals surface area contributed by atoms with Crippen LogP contribution in [0.3, 0.4) is 0 Å². The number of hydrogen-bond acceptors (Lipinski definition) is 4. The van der Waals surface area contributed by atoms with Gasteiger partial charge >= 0.3 is 6.09 Å². The van der Waals surface area contributed by atoms with E-state index >= 15 is 0 Å². The molecule has 236 valence electrons. The quantitative estimate of drug-likeness (QED) is 0.196. The first kappa shape index (κ1) is 34.4. The van der Waals surface area contributed by atoms with E-state index in [-0.39, 0.29) is 18.2 Å².